The molecule has 1 aromatic carbocycles. The first-order chi connectivity index (χ1) is 9.40. The number of halogens is 1. The summed E-state index contributed by atoms with van der Waals surface area (Å²) < 4.78 is 23.4. The average molecular weight is 380 g/mol. The summed E-state index contributed by atoms with van der Waals surface area (Å²) in [6, 6.07) is 8.61. The molecule has 0 spiro atoms. The Hall–Kier alpha value is -0.0400. The molecule has 0 aliphatic rings. The van der Waals surface area contributed by atoms with Gasteiger partial charge in [-0.3, -0.25) is 0 Å². The predicted molar refractivity (Wildman–Crippen MR) is 91.3 cm³/mol. The van der Waals surface area contributed by atoms with Crippen LogP contribution in [0.25, 0.3) is 0 Å². The van der Waals surface area contributed by atoms with Gasteiger partial charge in [-0.05, 0) is 43.7 Å². The second-order valence-corrected chi connectivity index (χ2v) is 9.06. The van der Waals surface area contributed by atoms with Crippen molar-refractivity contribution in [3.05, 3.63) is 28.7 Å². The van der Waals surface area contributed by atoms with Crippen LogP contribution in [0.4, 0.5) is 0 Å². The molecule has 0 fully saturated rings. The van der Waals surface area contributed by atoms with Crippen molar-refractivity contribution in [2.24, 2.45) is 0 Å². The minimum Gasteiger partial charge on any atom is -0.313 e. The summed E-state index contributed by atoms with van der Waals surface area (Å²) in [6.45, 7) is 2.98. The topological polar surface area (TPSA) is 46.2 Å². The molecule has 0 radical (unpaired) electrons. The van der Waals surface area contributed by atoms with E-state index in [1.54, 1.807) is 11.8 Å². The van der Waals surface area contributed by atoms with Gasteiger partial charge in [0.1, 0.15) is 9.84 Å². The van der Waals surface area contributed by atoms with Crippen LogP contribution < -0.4 is 5.32 Å². The van der Waals surface area contributed by atoms with Crippen LogP contribution in [0.5, 0.6) is 0 Å². The van der Waals surface area contributed by atoms with E-state index in [4.69, 9.17) is 0 Å². The van der Waals surface area contributed by atoms with Crippen LogP contribution >= 0.6 is 27.7 Å². The van der Waals surface area contributed by atoms with Gasteiger partial charge in [-0.25, -0.2) is 8.42 Å². The van der Waals surface area contributed by atoms with Crippen LogP contribution in [0.3, 0.4) is 0 Å². The Morgan fingerprint density at radius 1 is 1.30 bits per heavy atom. The summed E-state index contributed by atoms with van der Waals surface area (Å²) in [5.41, 5.74) is 0. The normalized spacial score (nSPS) is 13.3. The molecule has 0 aliphatic carbocycles. The lowest BCUT2D eigenvalue weighted by molar-refractivity contribution is 0.527. The van der Waals surface area contributed by atoms with E-state index in [0.717, 1.165) is 29.6 Å². The number of sulfone groups is 1. The fourth-order valence-electron chi connectivity index (χ4n) is 1.85. The number of thioether (sulfide) groups is 1. The van der Waals surface area contributed by atoms with Crippen LogP contribution in [0.15, 0.2) is 33.6 Å². The van der Waals surface area contributed by atoms with Gasteiger partial charge in [0.2, 0.25) is 0 Å². The molecule has 0 saturated carbocycles. The molecular formula is C14H22BrNO2S2. The largest absolute Gasteiger partial charge is 0.313 e. The van der Waals surface area contributed by atoms with Crippen LogP contribution in [0.2, 0.25) is 0 Å². The van der Waals surface area contributed by atoms with Gasteiger partial charge in [0.25, 0.3) is 0 Å². The molecule has 114 valence electrons. The van der Waals surface area contributed by atoms with Gasteiger partial charge in [0, 0.05) is 33.2 Å². The number of nitrogens with one attached hydrogen (secondary N) is 1. The van der Waals surface area contributed by atoms with E-state index in [0.29, 0.717) is 6.04 Å². The fraction of sp³-hybridized carbons (Fsp3) is 0.571. The maximum absolute atomic E-state index is 11.2. The zero-order valence-electron chi connectivity index (χ0n) is 11.9. The summed E-state index contributed by atoms with van der Waals surface area (Å²) in [5.74, 6) is 1.23. The lowest BCUT2D eigenvalue weighted by atomic mass is 10.2. The molecule has 1 unspecified atom stereocenters. The summed E-state index contributed by atoms with van der Waals surface area (Å²) in [5, 5.41) is 3.43. The average Bonchev–Trinajstić information content (AvgIpc) is 2.36. The van der Waals surface area contributed by atoms with Gasteiger partial charge in [0.05, 0.1) is 0 Å². The number of hydrogen-bond acceptors (Lipinski definition) is 4. The van der Waals surface area contributed by atoms with E-state index < -0.39 is 9.84 Å². The van der Waals surface area contributed by atoms with Gasteiger partial charge < -0.3 is 5.32 Å². The maximum Gasteiger partial charge on any atom is 0.147 e. The van der Waals surface area contributed by atoms with Crippen molar-refractivity contribution >= 4 is 37.5 Å². The Morgan fingerprint density at radius 3 is 2.50 bits per heavy atom. The third-order valence-corrected chi connectivity index (χ3v) is 5.56. The summed E-state index contributed by atoms with van der Waals surface area (Å²) in [6.07, 6.45) is 2.91. The third-order valence-electron chi connectivity index (χ3n) is 2.83. The first-order valence-electron chi connectivity index (χ1n) is 6.70. The smallest absolute Gasteiger partial charge is 0.147 e. The molecule has 6 heteroatoms. The molecule has 0 aromatic heterocycles. The van der Waals surface area contributed by atoms with E-state index in [2.05, 4.69) is 40.3 Å². The highest BCUT2D eigenvalue weighted by molar-refractivity contribution is 9.10. The van der Waals surface area contributed by atoms with E-state index >= 15 is 0 Å². The summed E-state index contributed by atoms with van der Waals surface area (Å²) >= 11 is 5.23. The molecule has 0 amide bonds. The van der Waals surface area contributed by atoms with Gasteiger partial charge in [-0.2, -0.15) is 0 Å². The monoisotopic (exact) mass is 379 g/mol. The predicted octanol–water partition coefficient (Wildman–Crippen LogP) is 3.34. The van der Waals surface area contributed by atoms with E-state index in [-0.39, 0.29) is 5.75 Å². The van der Waals surface area contributed by atoms with Crippen LogP contribution in [-0.2, 0) is 9.84 Å². The Labute approximate surface area is 135 Å². The molecule has 3 nitrogen and oxygen atoms in total. The molecule has 1 atom stereocenters. The second kappa shape index (κ2) is 9.07. The highest BCUT2D eigenvalue weighted by Gasteiger charge is 2.10. The summed E-state index contributed by atoms with van der Waals surface area (Å²) in [7, 11) is -2.85. The molecular weight excluding hydrogens is 358 g/mol. The van der Waals surface area contributed by atoms with Crippen molar-refractivity contribution in [2.45, 2.75) is 30.7 Å². The van der Waals surface area contributed by atoms with Crippen molar-refractivity contribution in [3.8, 4) is 0 Å². The van der Waals surface area contributed by atoms with Gasteiger partial charge in [-0.15, -0.1) is 11.8 Å². The number of rotatable bonds is 9. The second-order valence-electron chi connectivity index (χ2n) is 4.79. The molecule has 0 heterocycles. The Balaban J connectivity index is 2.40. The standard InChI is InChI=1S/C14H22BrNO2S2/c1-3-16-13(5-4-10-20(2,17)18)11-19-14-8-6-12(15)7-9-14/h6-9,13,16H,3-5,10-11H2,1-2H3. The Morgan fingerprint density at radius 2 is 1.95 bits per heavy atom. The minimum atomic E-state index is -2.85. The van der Waals surface area contributed by atoms with Crippen molar-refractivity contribution < 1.29 is 8.42 Å². The Bertz CT molecular complexity index is 488. The zero-order chi connectivity index (χ0) is 15.0. The van der Waals surface area contributed by atoms with Gasteiger partial charge in [0.15, 0.2) is 0 Å². The molecule has 1 aromatic rings. The van der Waals surface area contributed by atoms with E-state index in [1.807, 2.05) is 12.1 Å². The molecule has 1 N–H and O–H groups in total. The van der Waals surface area contributed by atoms with Crippen molar-refractivity contribution in [2.75, 3.05) is 24.3 Å². The van der Waals surface area contributed by atoms with Gasteiger partial charge in [-0.1, -0.05) is 22.9 Å². The molecule has 0 saturated heterocycles. The lowest BCUT2D eigenvalue weighted by Gasteiger charge is -2.17. The van der Waals surface area contributed by atoms with Crippen LogP contribution in [0, 0.1) is 0 Å². The number of benzene rings is 1. The van der Waals surface area contributed by atoms with Crippen molar-refractivity contribution in [1.82, 2.24) is 5.32 Å². The molecule has 0 aliphatic heterocycles. The SMILES string of the molecule is CCNC(CCCS(C)(=O)=O)CSc1ccc(Br)cc1. The van der Waals surface area contributed by atoms with Crippen LogP contribution in [-0.4, -0.2) is 38.8 Å². The van der Waals surface area contributed by atoms with Crippen LogP contribution in [0.1, 0.15) is 19.8 Å². The minimum absolute atomic E-state index is 0.276. The third kappa shape index (κ3) is 8.29. The van der Waals surface area contributed by atoms with E-state index in [1.165, 1.54) is 11.2 Å². The Kier molecular flexibility index (Phi) is 8.17. The quantitative estimate of drug-likeness (QED) is 0.668. The van der Waals surface area contributed by atoms with Crippen molar-refractivity contribution in [1.29, 1.82) is 0 Å². The highest BCUT2D eigenvalue weighted by Crippen LogP contribution is 2.22. The molecule has 1 rings (SSSR count). The van der Waals surface area contributed by atoms with E-state index in [9.17, 15) is 8.42 Å². The lowest BCUT2D eigenvalue weighted by Crippen LogP contribution is -2.31. The number of hydrogen-bond donors (Lipinski definition) is 1. The maximum atomic E-state index is 11.2. The van der Waals surface area contributed by atoms with Crippen molar-refractivity contribution in [3.63, 3.8) is 0 Å². The highest BCUT2D eigenvalue weighted by atomic mass is 79.9. The fourth-order valence-corrected chi connectivity index (χ4v) is 3.81. The summed E-state index contributed by atoms with van der Waals surface area (Å²) in [4.78, 5) is 1.24. The zero-order valence-corrected chi connectivity index (χ0v) is 15.2. The first-order valence-corrected chi connectivity index (χ1v) is 10.5. The molecule has 20 heavy (non-hydrogen) atoms. The van der Waals surface area contributed by atoms with Gasteiger partial charge >= 0.3 is 0 Å². The molecule has 0 bridgehead atoms. The first kappa shape index (κ1) is 18.0.